The number of nitrogens with zero attached hydrogens (tertiary/aromatic N) is 5. The molecule has 1 aliphatic rings. The quantitative estimate of drug-likeness (QED) is 0.470. The first-order valence-corrected chi connectivity index (χ1v) is 11.1. The first kappa shape index (κ1) is 20.3. The van der Waals surface area contributed by atoms with Crippen molar-refractivity contribution in [3.05, 3.63) is 61.2 Å². The molecule has 9 heteroatoms. The Labute approximate surface area is 188 Å². The van der Waals surface area contributed by atoms with Crippen LogP contribution < -0.4 is 5.73 Å². The number of hydrogen-bond donors (Lipinski definition) is 1. The van der Waals surface area contributed by atoms with E-state index >= 15 is 0 Å². The molecule has 0 unspecified atom stereocenters. The fourth-order valence-corrected chi connectivity index (χ4v) is 5.20. The lowest BCUT2D eigenvalue weighted by molar-refractivity contribution is -0.127. The highest BCUT2D eigenvalue weighted by atomic mass is 32.1. The van der Waals surface area contributed by atoms with Gasteiger partial charge in [-0.25, -0.2) is 19.0 Å². The summed E-state index contributed by atoms with van der Waals surface area (Å²) >= 11 is 1.44. The van der Waals surface area contributed by atoms with Gasteiger partial charge in [0.25, 0.3) is 0 Å². The van der Waals surface area contributed by atoms with Crippen LogP contribution in [-0.2, 0) is 4.79 Å². The molecule has 1 atom stereocenters. The van der Waals surface area contributed by atoms with Crippen molar-refractivity contribution in [2.75, 3.05) is 18.8 Å². The van der Waals surface area contributed by atoms with Crippen LogP contribution in [0.3, 0.4) is 0 Å². The number of carbonyl (C=O) groups is 1. The monoisotopic (exact) mass is 448 g/mol. The molecule has 1 fully saturated rings. The summed E-state index contributed by atoms with van der Waals surface area (Å²) in [5.41, 5.74) is 8.08. The predicted octanol–water partition coefficient (Wildman–Crippen LogP) is 4.29. The van der Waals surface area contributed by atoms with Gasteiger partial charge in [-0.2, -0.15) is 5.10 Å². The van der Waals surface area contributed by atoms with Crippen molar-refractivity contribution in [3.8, 4) is 21.0 Å². The van der Waals surface area contributed by atoms with E-state index in [0.29, 0.717) is 41.2 Å². The molecule has 162 valence electrons. The average Bonchev–Trinajstić information content (AvgIpc) is 3.45. The Hall–Kier alpha value is -3.59. The molecule has 1 aliphatic heterocycles. The molecule has 0 aliphatic carbocycles. The molecule has 2 N–H and O–H groups in total. The zero-order chi connectivity index (χ0) is 22.2. The minimum absolute atomic E-state index is 0.0378. The van der Waals surface area contributed by atoms with Crippen LogP contribution in [0, 0.1) is 5.82 Å². The molecule has 0 saturated carbocycles. The number of nitrogen functional groups attached to an aromatic ring is 1. The summed E-state index contributed by atoms with van der Waals surface area (Å²) in [5.74, 6) is -0.0199. The van der Waals surface area contributed by atoms with E-state index in [2.05, 4.69) is 16.5 Å². The molecule has 3 aromatic heterocycles. The van der Waals surface area contributed by atoms with Crippen LogP contribution in [0.15, 0.2) is 55.4 Å². The lowest BCUT2D eigenvalue weighted by atomic mass is 10.1. The summed E-state index contributed by atoms with van der Waals surface area (Å²) < 4.78 is 16.1. The normalized spacial score (nSPS) is 16.4. The maximum absolute atomic E-state index is 14.3. The molecule has 0 bridgehead atoms. The third-order valence-corrected chi connectivity index (χ3v) is 6.85. The number of carbonyl (C=O) groups excluding carboxylic acids is 1. The number of nitrogens with two attached hydrogens (primary N) is 1. The Bertz CT molecular complexity index is 1330. The summed E-state index contributed by atoms with van der Waals surface area (Å²) in [6.07, 6.45) is 4.49. The molecule has 32 heavy (non-hydrogen) atoms. The molecule has 1 aromatic carbocycles. The first-order valence-electron chi connectivity index (χ1n) is 10.3. The standard InChI is InChI=1S/C23H21FN6OS/c1-2-19(31)29-11-5-6-14(12-29)30-23-20(22(25)26-13-27-23)21(28-30)18-10-9-17(32-18)15-7-3-4-8-16(15)24/h2-4,7-10,13-14H,1,5-6,11-12H2,(H2,25,26,27)/t14-/m1/s1. The lowest BCUT2D eigenvalue weighted by Crippen LogP contribution is -2.40. The second kappa shape index (κ2) is 8.16. The van der Waals surface area contributed by atoms with Gasteiger partial charge in [-0.05, 0) is 37.1 Å². The fraction of sp³-hybridized carbons (Fsp3) is 0.217. The minimum Gasteiger partial charge on any atom is -0.383 e. The Kier molecular flexibility index (Phi) is 5.18. The second-order valence-electron chi connectivity index (χ2n) is 7.68. The lowest BCUT2D eigenvalue weighted by Gasteiger charge is -2.32. The molecule has 0 spiro atoms. The van der Waals surface area contributed by atoms with Gasteiger partial charge in [0.2, 0.25) is 5.91 Å². The number of halogens is 1. The number of likely N-dealkylation sites (tertiary alicyclic amines) is 1. The highest BCUT2D eigenvalue weighted by molar-refractivity contribution is 7.18. The van der Waals surface area contributed by atoms with Gasteiger partial charge in [0.05, 0.1) is 16.3 Å². The van der Waals surface area contributed by atoms with Crippen LogP contribution in [-0.4, -0.2) is 43.6 Å². The van der Waals surface area contributed by atoms with Crippen molar-refractivity contribution in [2.24, 2.45) is 0 Å². The van der Waals surface area contributed by atoms with Gasteiger partial charge in [-0.15, -0.1) is 11.3 Å². The molecule has 4 aromatic rings. The minimum atomic E-state index is -0.270. The maximum Gasteiger partial charge on any atom is 0.246 e. The maximum atomic E-state index is 14.3. The van der Waals surface area contributed by atoms with Crippen LogP contribution in [0.1, 0.15) is 18.9 Å². The van der Waals surface area contributed by atoms with E-state index in [1.54, 1.807) is 17.0 Å². The van der Waals surface area contributed by atoms with E-state index < -0.39 is 0 Å². The Morgan fingerprint density at radius 3 is 2.84 bits per heavy atom. The Balaban J connectivity index is 1.59. The topological polar surface area (TPSA) is 89.9 Å². The predicted molar refractivity (Wildman–Crippen MR) is 123 cm³/mol. The molecule has 0 radical (unpaired) electrons. The number of benzene rings is 1. The number of piperidine rings is 1. The summed E-state index contributed by atoms with van der Waals surface area (Å²) in [7, 11) is 0. The van der Waals surface area contributed by atoms with Crippen LogP contribution in [0.2, 0.25) is 0 Å². The SMILES string of the molecule is C=CC(=O)N1CCC[C@@H](n2nc(-c3ccc(-c4ccccc4F)s3)c3c(N)ncnc32)C1. The number of anilines is 1. The number of rotatable bonds is 4. The highest BCUT2D eigenvalue weighted by Gasteiger charge is 2.28. The third kappa shape index (κ3) is 3.44. The Morgan fingerprint density at radius 2 is 2.03 bits per heavy atom. The van der Waals surface area contributed by atoms with Crippen molar-refractivity contribution in [2.45, 2.75) is 18.9 Å². The van der Waals surface area contributed by atoms with Crippen LogP contribution in [0.25, 0.3) is 32.0 Å². The largest absolute Gasteiger partial charge is 0.383 e. The molecular weight excluding hydrogens is 427 g/mol. The van der Waals surface area contributed by atoms with Gasteiger partial charge < -0.3 is 10.6 Å². The van der Waals surface area contributed by atoms with Gasteiger partial charge in [0.1, 0.15) is 23.7 Å². The summed E-state index contributed by atoms with van der Waals surface area (Å²) in [6, 6.07) is 10.5. The van der Waals surface area contributed by atoms with E-state index in [4.69, 9.17) is 10.8 Å². The average molecular weight is 449 g/mol. The van der Waals surface area contributed by atoms with E-state index in [-0.39, 0.29) is 17.8 Å². The zero-order valence-corrected chi connectivity index (χ0v) is 18.1. The summed E-state index contributed by atoms with van der Waals surface area (Å²) in [6.45, 7) is 4.82. The van der Waals surface area contributed by atoms with Gasteiger partial charge in [0, 0.05) is 23.5 Å². The molecule has 1 saturated heterocycles. The van der Waals surface area contributed by atoms with Crippen LogP contribution in [0.4, 0.5) is 10.2 Å². The van der Waals surface area contributed by atoms with Gasteiger partial charge >= 0.3 is 0 Å². The van der Waals surface area contributed by atoms with E-state index in [9.17, 15) is 9.18 Å². The summed E-state index contributed by atoms with van der Waals surface area (Å²) in [4.78, 5) is 24.2. The van der Waals surface area contributed by atoms with Crippen molar-refractivity contribution < 1.29 is 9.18 Å². The number of aromatic nitrogens is 4. The molecule has 5 rings (SSSR count). The highest BCUT2D eigenvalue weighted by Crippen LogP contribution is 2.40. The van der Waals surface area contributed by atoms with Gasteiger partial charge in [-0.3, -0.25) is 4.79 Å². The first-order chi connectivity index (χ1) is 15.6. The van der Waals surface area contributed by atoms with Crippen molar-refractivity contribution >= 4 is 34.1 Å². The van der Waals surface area contributed by atoms with Crippen molar-refractivity contribution in [3.63, 3.8) is 0 Å². The van der Waals surface area contributed by atoms with Gasteiger partial charge in [-0.1, -0.05) is 24.8 Å². The van der Waals surface area contributed by atoms with E-state index in [0.717, 1.165) is 22.6 Å². The third-order valence-electron chi connectivity index (χ3n) is 5.73. The van der Waals surface area contributed by atoms with Gasteiger partial charge in [0.15, 0.2) is 5.65 Å². The molecule has 4 heterocycles. The summed E-state index contributed by atoms with van der Waals surface area (Å²) in [5, 5.41) is 5.55. The molecular formula is C23H21FN6OS. The number of fused-ring (bicyclic) bond motifs is 1. The fourth-order valence-electron chi connectivity index (χ4n) is 4.18. The number of amides is 1. The van der Waals surface area contributed by atoms with Crippen molar-refractivity contribution in [1.82, 2.24) is 24.6 Å². The van der Waals surface area contributed by atoms with E-state index in [1.807, 2.05) is 22.9 Å². The molecule has 1 amide bonds. The second-order valence-corrected chi connectivity index (χ2v) is 8.76. The number of thiophene rings is 1. The smallest absolute Gasteiger partial charge is 0.246 e. The number of hydrogen-bond acceptors (Lipinski definition) is 6. The zero-order valence-electron chi connectivity index (χ0n) is 17.2. The Morgan fingerprint density at radius 1 is 1.22 bits per heavy atom. The molecule has 7 nitrogen and oxygen atoms in total. The van der Waals surface area contributed by atoms with Crippen molar-refractivity contribution in [1.29, 1.82) is 0 Å². The van der Waals surface area contributed by atoms with Crippen LogP contribution >= 0.6 is 11.3 Å². The van der Waals surface area contributed by atoms with Crippen LogP contribution in [0.5, 0.6) is 0 Å². The van der Waals surface area contributed by atoms with E-state index in [1.165, 1.54) is 29.8 Å².